The van der Waals surface area contributed by atoms with Crippen LogP contribution < -0.4 is 10.6 Å². The first-order valence-corrected chi connectivity index (χ1v) is 9.19. The van der Waals surface area contributed by atoms with Crippen molar-refractivity contribution in [2.24, 2.45) is 0 Å². The maximum atomic E-state index is 12.0. The minimum atomic E-state index is -0.0935. The van der Waals surface area contributed by atoms with Crippen molar-refractivity contribution in [3.05, 3.63) is 22.4 Å². The average molecular weight is 340 g/mol. The Hall–Kier alpha value is -1.11. The molecule has 6 heteroatoms. The van der Waals surface area contributed by atoms with Gasteiger partial charge in [0.05, 0.1) is 12.2 Å². The minimum Gasteiger partial charge on any atom is -0.373 e. The molecule has 0 saturated carbocycles. The van der Waals surface area contributed by atoms with Gasteiger partial charge in [0.1, 0.15) is 0 Å². The molecule has 2 rings (SSSR count). The first kappa shape index (κ1) is 18.2. The van der Waals surface area contributed by atoms with E-state index >= 15 is 0 Å². The second-order valence-corrected chi connectivity index (χ2v) is 7.95. The molecule has 0 aliphatic carbocycles. The Morgan fingerprint density at radius 1 is 1.35 bits per heavy atom. The van der Waals surface area contributed by atoms with E-state index in [0.29, 0.717) is 13.1 Å². The van der Waals surface area contributed by atoms with Gasteiger partial charge in [-0.05, 0) is 45.6 Å². The van der Waals surface area contributed by atoms with Gasteiger partial charge in [0.15, 0.2) is 0 Å². The number of nitrogens with one attached hydrogen (secondary N) is 2. The number of urea groups is 1. The zero-order chi connectivity index (χ0) is 16.9. The fraction of sp³-hybridized carbons (Fsp3) is 0.706. The summed E-state index contributed by atoms with van der Waals surface area (Å²) in [6.07, 6.45) is 1.35. The van der Waals surface area contributed by atoms with Gasteiger partial charge < -0.3 is 15.4 Å². The van der Waals surface area contributed by atoms with Gasteiger partial charge in [-0.3, -0.25) is 4.90 Å². The number of amides is 2. The lowest BCUT2D eigenvalue weighted by Gasteiger charge is -2.45. The van der Waals surface area contributed by atoms with E-state index in [1.165, 1.54) is 4.88 Å². The molecule has 0 spiro atoms. The standard InChI is InChI=1S/C17H29N3O2S/c1-13-10-20(11-14(2)22-13)17(3,4)12-19-16(21)18-8-7-15-6-5-9-23-15/h5-6,9,13-14H,7-8,10-12H2,1-4H3,(H2,18,19,21)/t13-,14+. The van der Waals surface area contributed by atoms with E-state index in [-0.39, 0.29) is 23.8 Å². The van der Waals surface area contributed by atoms with Crippen molar-refractivity contribution in [2.45, 2.75) is 51.9 Å². The molecule has 2 atom stereocenters. The van der Waals surface area contributed by atoms with Gasteiger partial charge in [-0.2, -0.15) is 0 Å². The number of carbonyl (C=O) groups excluding carboxylic acids is 1. The molecule has 1 fully saturated rings. The monoisotopic (exact) mass is 339 g/mol. The van der Waals surface area contributed by atoms with Crippen LogP contribution in [0.5, 0.6) is 0 Å². The lowest BCUT2D eigenvalue weighted by atomic mass is 10.00. The van der Waals surface area contributed by atoms with Crippen LogP contribution in [0.1, 0.15) is 32.6 Å². The van der Waals surface area contributed by atoms with E-state index < -0.39 is 0 Å². The van der Waals surface area contributed by atoms with Crippen molar-refractivity contribution in [3.63, 3.8) is 0 Å². The van der Waals surface area contributed by atoms with Crippen LogP contribution in [0, 0.1) is 0 Å². The Morgan fingerprint density at radius 2 is 2.04 bits per heavy atom. The molecule has 23 heavy (non-hydrogen) atoms. The summed E-state index contributed by atoms with van der Waals surface area (Å²) in [5.41, 5.74) is -0.0859. The van der Waals surface area contributed by atoms with Crippen LogP contribution in [0.2, 0.25) is 0 Å². The third-order valence-corrected chi connectivity index (χ3v) is 5.13. The summed E-state index contributed by atoms with van der Waals surface area (Å²) in [5.74, 6) is 0. The van der Waals surface area contributed by atoms with Crippen LogP contribution in [0.25, 0.3) is 0 Å². The molecule has 1 aromatic heterocycles. The van der Waals surface area contributed by atoms with Crippen molar-refractivity contribution in [1.29, 1.82) is 0 Å². The van der Waals surface area contributed by atoms with E-state index in [2.05, 4.69) is 54.7 Å². The first-order chi connectivity index (χ1) is 10.9. The van der Waals surface area contributed by atoms with E-state index in [1.807, 2.05) is 6.07 Å². The molecule has 0 unspecified atom stereocenters. The second-order valence-electron chi connectivity index (χ2n) is 6.91. The van der Waals surface area contributed by atoms with Crippen LogP contribution in [0.4, 0.5) is 4.79 Å². The maximum absolute atomic E-state index is 12.0. The van der Waals surface area contributed by atoms with Crippen LogP contribution in [-0.4, -0.2) is 54.9 Å². The SMILES string of the molecule is C[C@@H]1CN(C(C)(C)CNC(=O)NCCc2cccs2)C[C@H](C)O1. The molecule has 1 aliphatic heterocycles. The zero-order valence-corrected chi connectivity index (χ0v) is 15.4. The normalized spacial score (nSPS) is 22.8. The first-order valence-electron chi connectivity index (χ1n) is 8.31. The summed E-state index contributed by atoms with van der Waals surface area (Å²) in [5, 5.41) is 7.99. The number of thiophene rings is 1. The molecule has 2 amide bonds. The molecule has 0 bridgehead atoms. The van der Waals surface area contributed by atoms with Gasteiger partial charge in [-0.25, -0.2) is 4.79 Å². The summed E-state index contributed by atoms with van der Waals surface area (Å²) in [6.45, 7) is 11.6. The van der Waals surface area contributed by atoms with Gasteiger partial charge in [0.25, 0.3) is 0 Å². The second kappa shape index (κ2) is 8.13. The van der Waals surface area contributed by atoms with Crippen molar-refractivity contribution in [1.82, 2.24) is 15.5 Å². The molecule has 130 valence electrons. The smallest absolute Gasteiger partial charge is 0.314 e. The van der Waals surface area contributed by atoms with Crippen molar-refractivity contribution in [2.75, 3.05) is 26.2 Å². The van der Waals surface area contributed by atoms with E-state index in [9.17, 15) is 4.79 Å². The maximum Gasteiger partial charge on any atom is 0.314 e. The van der Waals surface area contributed by atoms with Gasteiger partial charge in [0, 0.05) is 36.6 Å². The van der Waals surface area contributed by atoms with Gasteiger partial charge >= 0.3 is 6.03 Å². The van der Waals surface area contributed by atoms with Crippen molar-refractivity contribution in [3.8, 4) is 0 Å². The number of rotatable bonds is 6. The predicted molar refractivity (Wildman–Crippen MR) is 95.1 cm³/mol. The van der Waals surface area contributed by atoms with Gasteiger partial charge in [-0.1, -0.05) is 6.07 Å². The molecule has 2 N–H and O–H groups in total. The highest BCUT2D eigenvalue weighted by molar-refractivity contribution is 7.09. The third-order valence-electron chi connectivity index (χ3n) is 4.19. The fourth-order valence-electron chi connectivity index (χ4n) is 2.90. The van der Waals surface area contributed by atoms with E-state index in [1.54, 1.807) is 11.3 Å². The highest BCUT2D eigenvalue weighted by atomic mass is 32.1. The molecule has 2 heterocycles. The molecule has 1 aliphatic rings. The van der Waals surface area contributed by atoms with Crippen LogP contribution in [-0.2, 0) is 11.2 Å². The highest BCUT2D eigenvalue weighted by Gasteiger charge is 2.33. The number of hydrogen-bond acceptors (Lipinski definition) is 4. The summed E-state index contributed by atoms with van der Waals surface area (Å²) >= 11 is 1.72. The Kier molecular flexibility index (Phi) is 6.44. The fourth-order valence-corrected chi connectivity index (χ4v) is 3.61. The van der Waals surface area contributed by atoms with Gasteiger partial charge in [-0.15, -0.1) is 11.3 Å². The third kappa shape index (κ3) is 5.79. The average Bonchev–Trinajstić information content (AvgIpc) is 2.97. The minimum absolute atomic E-state index is 0.0859. The molecule has 0 radical (unpaired) electrons. The zero-order valence-electron chi connectivity index (χ0n) is 14.6. The Balaban J connectivity index is 1.71. The Morgan fingerprint density at radius 3 is 2.65 bits per heavy atom. The molecule has 5 nitrogen and oxygen atoms in total. The molecule has 0 aromatic carbocycles. The summed E-state index contributed by atoms with van der Waals surface area (Å²) in [4.78, 5) is 15.7. The van der Waals surface area contributed by atoms with Crippen LogP contribution in [0.15, 0.2) is 17.5 Å². The molecule has 1 aromatic rings. The summed E-state index contributed by atoms with van der Waals surface area (Å²) in [6, 6.07) is 4.03. The number of ether oxygens (including phenoxy) is 1. The van der Waals surface area contributed by atoms with Crippen molar-refractivity contribution < 1.29 is 9.53 Å². The summed E-state index contributed by atoms with van der Waals surface area (Å²) < 4.78 is 5.79. The van der Waals surface area contributed by atoms with Gasteiger partial charge in [0.2, 0.25) is 0 Å². The molecular formula is C17H29N3O2S. The highest BCUT2D eigenvalue weighted by Crippen LogP contribution is 2.20. The van der Waals surface area contributed by atoms with Crippen LogP contribution >= 0.6 is 11.3 Å². The Labute approximate surface area is 143 Å². The molecular weight excluding hydrogens is 310 g/mol. The van der Waals surface area contributed by atoms with Crippen molar-refractivity contribution >= 4 is 17.4 Å². The molecule has 1 saturated heterocycles. The largest absolute Gasteiger partial charge is 0.373 e. The number of hydrogen-bond donors (Lipinski definition) is 2. The summed E-state index contributed by atoms with van der Waals surface area (Å²) in [7, 11) is 0. The van der Waals surface area contributed by atoms with E-state index in [4.69, 9.17) is 4.74 Å². The Bertz CT molecular complexity index is 480. The topological polar surface area (TPSA) is 53.6 Å². The lowest BCUT2D eigenvalue weighted by molar-refractivity contribution is -0.0947. The van der Waals surface area contributed by atoms with E-state index in [0.717, 1.165) is 19.5 Å². The number of carbonyl (C=O) groups is 1. The van der Waals surface area contributed by atoms with Crippen LogP contribution in [0.3, 0.4) is 0 Å². The predicted octanol–water partition coefficient (Wildman–Crippen LogP) is 2.48. The quantitative estimate of drug-likeness (QED) is 0.837. The number of morpholine rings is 1. The lowest BCUT2D eigenvalue weighted by Crippen LogP contribution is -2.59. The number of nitrogens with zero attached hydrogens (tertiary/aromatic N) is 1.